The van der Waals surface area contributed by atoms with Crippen molar-refractivity contribution in [3.05, 3.63) is 11.2 Å². The molecule has 0 aromatic carbocycles. The standard InChI is InChI=1S/C12H21ClN4/c1-8(2)5-6-9(3)16-11-10(13)7-15-12(14-4)17-11/h7-9H,5-6H2,1-4H3,(H2,14,15,16,17). The average Bonchev–Trinajstić information content (AvgIpc) is 2.29. The van der Waals surface area contributed by atoms with Crippen molar-refractivity contribution in [3.8, 4) is 0 Å². The van der Waals surface area contributed by atoms with E-state index in [1.807, 2.05) is 0 Å². The molecule has 0 aliphatic rings. The van der Waals surface area contributed by atoms with E-state index >= 15 is 0 Å². The SMILES string of the molecule is CNc1ncc(Cl)c(NC(C)CCC(C)C)n1. The van der Waals surface area contributed by atoms with Gasteiger partial charge in [-0.3, -0.25) is 0 Å². The maximum absolute atomic E-state index is 6.04. The fourth-order valence-corrected chi connectivity index (χ4v) is 1.62. The molecule has 4 nitrogen and oxygen atoms in total. The Kier molecular flexibility index (Phi) is 5.48. The van der Waals surface area contributed by atoms with Crippen LogP contribution in [0.4, 0.5) is 11.8 Å². The Hall–Kier alpha value is -1.03. The van der Waals surface area contributed by atoms with Gasteiger partial charge in [-0.25, -0.2) is 4.98 Å². The molecule has 1 rings (SSSR count). The van der Waals surface area contributed by atoms with Crippen molar-refractivity contribution in [2.75, 3.05) is 17.7 Å². The van der Waals surface area contributed by atoms with Gasteiger partial charge in [-0.1, -0.05) is 25.4 Å². The predicted molar refractivity (Wildman–Crippen MR) is 73.7 cm³/mol. The summed E-state index contributed by atoms with van der Waals surface area (Å²) in [5.41, 5.74) is 0. The van der Waals surface area contributed by atoms with Crippen molar-refractivity contribution in [1.29, 1.82) is 0 Å². The van der Waals surface area contributed by atoms with Gasteiger partial charge in [-0.15, -0.1) is 0 Å². The van der Waals surface area contributed by atoms with Gasteiger partial charge in [0.2, 0.25) is 5.95 Å². The topological polar surface area (TPSA) is 49.8 Å². The van der Waals surface area contributed by atoms with Crippen molar-refractivity contribution >= 4 is 23.4 Å². The van der Waals surface area contributed by atoms with Crippen LogP contribution in [0.25, 0.3) is 0 Å². The van der Waals surface area contributed by atoms with Crippen molar-refractivity contribution < 1.29 is 0 Å². The molecular formula is C12H21ClN4. The van der Waals surface area contributed by atoms with E-state index in [4.69, 9.17) is 11.6 Å². The van der Waals surface area contributed by atoms with Gasteiger partial charge in [-0.2, -0.15) is 4.98 Å². The molecule has 0 spiro atoms. The summed E-state index contributed by atoms with van der Waals surface area (Å²) in [6.07, 6.45) is 3.90. The Morgan fingerprint density at radius 1 is 1.29 bits per heavy atom. The predicted octanol–water partition coefficient (Wildman–Crippen LogP) is 3.41. The summed E-state index contributed by atoms with van der Waals surface area (Å²) in [6.45, 7) is 6.59. The molecule has 96 valence electrons. The van der Waals surface area contributed by atoms with E-state index in [2.05, 4.69) is 41.4 Å². The first-order chi connectivity index (χ1) is 8.02. The van der Waals surface area contributed by atoms with Crippen molar-refractivity contribution in [2.24, 2.45) is 5.92 Å². The lowest BCUT2D eigenvalue weighted by Crippen LogP contribution is -2.17. The smallest absolute Gasteiger partial charge is 0.224 e. The number of halogens is 1. The monoisotopic (exact) mass is 256 g/mol. The number of hydrogen-bond acceptors (Lipinski definition) is 4. The van der Waals surface area contributed by atoms with Gasteiger partial charge in [0, 0.05) is 13.1 Å². The molecule has 1 aromatic heterocycles. The fraction of sp³-hybridized carbons (Fsp3) is 0.667. The number of nitrogens with one attached hydrogen (secondary N) is 2. The van der Waals surface area contributed by atoms with E-state index in [-0.39, 0.29) is 0 Å². The maximum Gasteiger partial charge on any atom is 0.224 e. The van der Waals surface area contributed by atoms with Gasteiger partial charge < -0.3 is 10.6 Å². The molecule has 2 N–H and O–H groups in total. The van der Waals surface area contributed by atoms with Gasteiger partial charge >= 0.3 is 0 Å². The molecule has 1 atom stereocenters. The normalized spacial score (nSPS) is 12.6. The van der Waals surface area contributed by atoms with Crippen LogP contribution in [-0.2, 0) is 0 Å². The van der Waals surface area contributed by atoms with Gasteiger partial charge in [0.1, 0.15) is 5.02 Å². The molecule has 0 saturated heterocycles. The van der Waals surface area contributed by atoms with E-state index in [1.54, 1.807) is 13.2 Å². The Morgan fingerprint density at radius 3 is 2.59 bits per heavy atom. The Morgan fingerprint density at radius 2 is 2.00 bits per heavy atom. The molecule has 0 saturated carbocycles. The van der Waals surface area contributed by atoms with Crippen LogP contribution in [0.15, 0.2) is 6.20 Å². The van der Waals surface area contributed by atoms with Crippen molar-refractivity contribution in [2.45, 2.75) is 39.7 Å². The lowest BCUT2D eigenvalue weighted by molar-refractivity contribution is 0.527. The summed E-state index contributed by atoms with van der Waals surface area (Å²) < 4.78 is 0. The summed E-state index contributed by atoms with van der Waals surface area (Å²) >= 11 is 6.04. The van der Waals surface area contributed by atoms with Gasteiger partial charge in [-0.05, 0) is 25.7 Å². The summed E-state index contributed by atoms with van der Waals surface area (Å²) in [6, 6.07) is 0.356. The third kappa shape index (κ3) is 4.77. The Bertz CT molecular complexity index is 354. The third-order valence-corrected chi connectivity index (χ3v) is 2.80. The van der Waals surface area contributed by atoms with Crippen LogP contribution >= 0.6 is 11.6 Å². The van der Waals surface area contributed by atoms with Crippen LogP contribution in [0.5, 0.6) is 0 Å². The lowest BCUT2D eigenvalue weighted by Gasteiger charge is -2.16. The van der Waals surface area contributed by atoms with E-state index in [0.29, 0.717) is 28.7 Å². The number of nitrogens with zero attached hydrogens (tertiary/aromatic N) is 2. The lowest BCUT2D eigenvalue weighted by atomic mass is 10.0. The molecule has 0 fully saturated rings. The number of aromatic nitrogens is 2. The summed E-state index contributed by atoms with van der Waals surface area (Å²) in [5.74, 6) is 1.99. The molecule has 1 unspecified atom stereocenters. The second-order valence-electron chi connectivity index (χ2n) is 4.66. The van der Waals surface area contributed by atoms with Crippen LogP contribution in [0.1, 0.15) is 33.6 Å². The Balaban J connectivity index is 2.60. The number of hydrogen-bond donors (Lipinski definition) is 2. The van der Waals surface area contributed by atoms with Crippen LogP contribution in [0.3, 0.4) is 0 Å². The third-order valence-electron chi connectivity index (χ3n) is 2.53. The van der Waals surface area contributed by atoms with Crippen molar-refractivity contribution in [1.82, 2.24) is 9.97 Å². The highest BCUT2D eigenvalue weighted by molar-refractivity contribution is 6.32. The zero-order valence-electron chi connectivity index (χ0n) is 10.9. The molecule has 1 aromatic rings. The highest BCUT2D eigenvalue weighted by atomic mass is 35.5. The minimum Gasteiger partial charge on any atom is -0.366 e. The highest BCUT2D eigenvalue weighted by Crippen LogP contribution is 2.21. The van der Waals surface area contributed by atoms with Crippen LogP contribution < -0.4 is 10.6 Å². The van der Waals surface area contributed by atoms with E-state index < -0.39 is 0 Å². The first-order valence-corrected chi connectivity index (χ1v) is 6.37. The highest BCUT2D eigenvalue weighted by Gasteiger charge is 2.09. The van der Waals surface area contributed by atoms with Crippen LogP contribution in [-0.4, -0.2) is 23.1 Å². The maximum atomic E-state index is 6.04. The first kappa shape index (κ1) is 14.0. The minimum absolute atomic E-state index is 0.356. The largest absolute Gasteiger partial charge is 0.366 e. The summed E-state index contributed by atoms with van der Waals surface area (Å²) in [7, 11) is 1.79. The zero-order chi connectivity index (χ0) is 12.8. The number of rotatable bonds is 6. The van der Waals surface area contributed by atoms with Crippen LogP contribution in [0, 0.1) is 5.92 Å². The molecule has 17 heavy (non-hydrogen) atoms. The van der Waals surface area contributed by atoms with Crippen molar-refractivity contribution in [3.63, 3.8) is 0 Å². The van der Waals surface area contributed by atoms with Gasteiger partial charge in [0.25, 0.3) is 0 Å². The molecule has 0 aliphatic carbocycles. The summed E-state index contributed by atoms with van der Waals surface area (Å²) in [5, 5.41) is 6.77. The van der Waals surface area contributed by atoms with E-state index in [9.17, 15) is 0 Å². The second-order valence-corrected chi connectivity index (χ2v) is 5.06. The van der Waals surface area contributed by atoms with E-state index in [1.165, 1.54) is 6.42 Å². The molecule has 0 bridgehead atoms. The zero-order valence-corrected chi connectivity index (χ0v) is 11.7. The minimum atomic E-state index is 0.356. The molecule has 0 radical (unpaired) electrons. The molecule has 5 heteroatoms. The fourth-order valence-electron chi connectivity index (χ4n) is 1.48. The van der Waals surface area contributed by atoms with Crippen LogP contribution in [0.2, 0.25) is 5.02 Å². The average molecular weight is 257 g/mol. The molecule has 1 heterocycles. The first-order valence-electron chi connectivity index (χ1n) is 5.99. The number of anilines is 2. The quantitative estimate of drug-likeness (QED) is 0.819. The molecular weight excluding hydrogens is 236 g/mol. The second kappa shape index (κ2) is 6.64. The van der Waals surface area contributed by atoms with Gasteiger partial charge in [0.05, 0.1) is 6.20 Å². The Labute approximate surface area is 108 Å². The van der Waals surface area contributed by atoms with E-state index in [0.717, 1.165) is 6.42 Å². The molecule has 0 aliphatic heterocycles. The molecule has 0 amide bonds. The van der Waals surface area contributed by atoms with Gasteiger partial charge in [0.15, 0.2) is 5.82 Å². The summed E-state index contributed by atoms with van der Waals surface area (Å²) in [4.78, 5) is 8.34.